The maximum atomic E-state index is 6.55. The van der Waals surface area contributed by atoms with Crippen LogP contribution in [0.15, 0.2) is 0 Å². The van der Waals surface area contributed by atoms with Gasteiger partial charge in [0.2, 0.25) is 0 Å². The first-order valence-corrected chi connectivity index (χ1v) is 9.16. The van der Waals surface area contributed by atoms with Crippen LogP contribution in [0.3, 0.4) is 0 Å². The molecule has 2 saturated heterocycles. The lowest BCUT2D eigenvalue weighted by Crippen LogP contribution is -2.37. The van der Waals surface area contributed by atoms with E-state index in [9.17, 15) is 0 Å². The van der Waals surface area contributed by atoms with E-state index < -0.39 is 0 Å². The van der Waals surface area contributed by atoms with Gasteiger partial charge >= 0.3 is 0 Å². The van der Waals surface area contributed by atoms with Crippen molar-refractivity contribution in [1.82, 2.24) is 0 Å². The fourth-order valence-corrected chi connectivity index (χ4v) is 5.34. The first-order chi connectivity index (χ1) is 9.18. The van der Waals surface area contributed by atoms with Crippen LogP contribution in [0.5, 0.6) is 0 Å². The first kappa shape index (κ1) is 14.3. The quantitative estimate of drug-likeness (QED) is 0.712. The summed E-state index contributed by atoms with van der Waals surface area (Å²) in [5.74, 6) is 0. The number of hydrogen-bond donors (Lipinski definition) is 0. The topological polar surface area (TPSA) is 18.5 Å². The zero-order valence-corrected chi connectivity index (χ0v) is 13.7. The molecule has 0 bridgehead atoms. The minimum Gasteiger partial charge on any atom is -0.378 e. The Bertz CT molecular complexity index is 314. The van der Waals surface area contributed by atoms with Crippen molar-refractivity contribution in [2.45, 2.75) is 82.5 Å². The van der Waals surface area contributed by atoms with Crippen LogP contribution in [-0.2, 0) is 9.47 Å². The van der Waals surface area contributed by atoms with E-state index in [2.05, 4.69) is 22.9 Å². The molecule has 3 aliphatic rings. The maximum Gasteiger partial charge on any atom is 0.0687 e. The van der Waals surface area contributed by atoms with E-state index in [0.717, 1.165) is 11.9 Å². The van der Waals surface area contributed by atoms with Gasteiger partial charge in [0.15, 0.2) is 0 Å². The van der Waals surface area contributed by atoms with Gasteiger partial charge in [-0.1, -0.05) is 35.2 Å². The van der Waals surface area contributed by atoms with Crippen LogP contribution in [0.1, 0.15) is 64.7 Å². The highest BCUT2D eigenvalue weighted by Gasteiger charge is 2.47. The van der Waals surface area contributed by atoms with Crippen molar-refractivity contribution in [3.63, 3.8) is 0 Å². The summed E-state index contributed by atoms with van der Waals surface area (Å²) >= 11 is 3.73. The molecule has 1 spiro atoms. The Hall–Kier alpha value is 0.400. The summed E-state index contributed by atoms with van der Waals surface area (Å²) in [5.41, 5.74) is 0.573. The lowest BCUT2D eigenvalue weighted by Gasteiger charge is -2.36. The molecule has 1 aliphatic carbocycles. The van der Waals surface area contributed by atoms with Crippen LogP contribution in [0.25, 0.3) is 0 Å². The van der Waals surface area contributed by atoms with Crippen LogP contribution in [0, 0.1) is 5.41 Å². The first-order valence-electron chi connectivity index (χ1n) is 8.04. The van der Waals surface area contributed by atoms with Gasteiger partial charge < -0.3 is 9.47 Å². The molecule has 2 aliphatic heterocycles. The monoisotopic (exact) mass is 330 g/mol. The Morgan fingerprint density at radius 2 is 1.89 bits per heavy atom. The maximum absolute atomic E-state index is 6.55. The lowest BCUT2D eigenvalue weighted by molar-refractivity contribution is -0.0798. The molecule has 3 atom stereocenters. The van der Waals surface area contributed by atoms with E-state index in [1.165, 1.54) is 57.8 Å². The second kappa shape index (κ2) is 5.65. The molecule has 3 unspecified atom stereocenters. The molecule has 0 aromatic heterocycles. The van der Waals surface area contributed by atoms with E-state index in [1.807, 2.05) is 0 Å². The van der Waals surface area contributed by atoms with Crippen LogP contribution in [-0.4, -0.2) is 29.7 Å². The van der Waals surface area contributed by atoms with Gasteiger partial charge in [0.05, 0.1) is 17.8 Å². The average molecular weight is 331 g/mol. The molecular weight excluding hydrogens is 304 g/mol. The van der Waals surface area contributed by atoms with Gasteiger partial charge in [-0.15, -0.1) is 0 Å². The van der Waals surface area contributed by atoms with Crippen molar-refractivity contribution >= 4 is 15.9 Å². The van der Waals surface area contributed by atoms with E-state index in [0.29, 0.717) is 17.6 Å². The molecule has 19 heavy (non-hydrogen) atoms. The predicted molar refractivity (Wildman–Crippen MR) is 80.8 cm³/mol. The van der Waals surface area contributed by atoms with Crippen molar-refractivity contribution in [2.24, 2.45) is 5.41 Å². The van der Waals surface area contributed by atoms with Gasteiger partial charge in [-0.25, -0.2) is 0 Å². The zero-order chi connectivity index (χ0) is 13.3. The minimum absolute atomic E-state index is 0.263. The van der Waals surface area contributed by atoms with Gasteiger partial charge in [0.1, 0.15) is 0 Å². The third-order valence-corrected chi connectivity index (χ3v) is 6.95. The summed E-state index contributed by atoms with van der Waals surface area (Å²) in [6.45, 7) is 3.16. The Morgan fingerprint density at radius 3 is 2.53 bits per heavy atom. The Balaban J connectivity index is 1.62. The van der Waals surface area contributed by atoms with Crippen molar-refractivity contribution in [3.05, 3.63) is 0 Å². The largest absolute Gasteiger partial charge is 0.378 e. The second-order valence-electron chi connectivity index (χ2n) is 6.99. The lowest BCUT2D eigenvalue weighted by atomic mass is 9.78. The van der Waals surface area contributed by atoms with Crippen molar-refractivity contribution in [1.29, 1.82) is 0 Å². The zero-order valence-electron chi connectivity index (χ0n) is 12.1. The van der Waals surface area contributed by atoms with Gasteiger partial charge in [-0.3, -0.25) is 0 Å². The highest BCUT2D eigenvalue weighted by atomic mass is 79.9. The van der Waals surface area contributed by atoms with E-state index in [4.69, 9.17) is 9.47 Å². The predicted octanol–water partition coefficient (Wildman–Crippen LogP) is 4.45. The third kappa shape index (κ3) is 2.75. The summed E-state index contributed by atoms with van der Waals surface area (Å²) in [6.07, 6.45) is 12.5. The fourth-order valence-electron chi connectivity index (χ4n) is 4.37. The number of alkyl halides is 1. The third-order valence-electron chi connectivity index (χ3n) is 5.83. The van der Waals surface area contributed by atoms with Crippen LogP contribution >= 0.6 is 15.9 Å². The van der Waals surface area contributed by atoms with Crippen LogP contribution in [0.2, 0.25) is 0 Å². The second-order valence-corrected chi connectivity index (χ2v) is 7.55. The molecule has 3 fully saturated rings. The molecule has 3 heteroatoms. The number of ether oxygens (including phenoxy) is 2. The molecule has 0 aromatic rings. The molecule has 110 valence electrons. The molecular formula is C16H27BrO2. The highest BCUT2D eigenvalue weighted by Crippen LogP contribution is 2.48. The number of rotatable bonds is 3. The van der Waals surface area contributed by atoms with E-state index in [-0.39, 0.29) is 5.60 Å². The van der Waals surface area contributed by atoms with Gasteiger partial charge in [0, 0.05) is 17.4 Å². The SMILES string of the molecule is CC1OCCC1(CBr)CC1CCC2(CCCCC2)O1. The summed E-state index contributed by atoms with van der Waals surface area (Å²) in [5, 5.41) is 1.05. The molecule has 0 amide bonds. The van der Waals surface area contributed by atoms with Crippen LogP contribution in [0.4, 0.5) is 0 Å². The van der Waals surface area contributed by atoms with Gasteiger partial charge in [-0.2, -0.15) is 0 Å². The van der Waals surface area contributed by atoms with Gasteiger partial charge in [-0.05, 0) is 45.4 Å². The molecule has 0 N–H and O–H groups in total. The average Bonchev–Trinajstić information content (AvgIpc) is 2.97. The van der Waals surface area contributed by atoms with Gasteiger partial charge in [0.25, 0.3) is 0 Å². The van der Waals surface area contributed by atoms with E-state index >= 15 is 0 Å². The van der Waals surface area contributed by atoms with Crippen molar-refractivity contribution in [2.75, 3.05) is 11.9 Å². The summed E-state index contributed by atoms with van der Waals surface area (Å²) in [7, 11) is 0. The Labute approximate surface area is 125 Å². The van der Waals surface area contributed by atoms with Crippen molar-refractivity contribution in [3.8, 4) is 0 Å². The normalized spacial score (nSPS) is 42.0. The minimum atomic E-state index is 0.263. The van der Waals surface area contributed by atoms with Crippen molar-refractivity contribution < 1.29 is 9.47 Å². The molecule has 1 saturated carbocycles. The standard InChI is InChI=1S/C16H27BrO2/c1-13-15(12-17,9-10-18-13)11-14-5-8-16(19-14)6-3-2-4-7-16/h13-14H,2-12H2,1H3. The highest BCUT2D eigenvalue weighted by molar-refractivity contribution is 9.09. The smallest absolute Gasteiger partial charge is 0.0687 e. The van der Waals surface area contributed by atoms with Crippen LogP contribution < -0.4 is 0 Å². The molecule has 2 heterocycles. The Morgan fingerprint density at radius 1 is 1.11 bits per heavy atom. The molecule has 0 aromatic carbocycles. The molecule has 0 radical (unpaired) electrons. The summed E-state index contributed by atoms with van der Waals surface area (Å²) in [6, 6.07) is 0. The Kier molecular flexibility index (Phi) is 4.26. The number of hydrogen-bond acceptors (Lipinski definition) is 2. The molecule has 3 rings (SSSR count). The summed E-state index contributed by atoms with van der Waals surface area (Å²) < 4.78 is 12.4. The van der Waals surface area contributed by atoms with E-state index in [1.54, 1.807) is 0 Å². The summed E-state index contributed by atoms with van der Waals surface area (Å²) in [4.78, 5) is 0. The fraction of sp³-hybridized carbons (Fsp3) is 1.00. The number of halogens is 1. The molecule has 2 nitrogen and oxygen atoms in total.